The van der Waals surface area contributed by atoms with Crippen molar-refractivity contribution in [2.75, 3.05) is 23.4 Å². The largest absolute Gasteiger partial charge is 0.481 e. The number of hydrogen-bond donors (Lipinski definition) is 1. The van der Waals surface area contributed by atoms with Crippen LogP contribution in [0, 0.1) is 6.92 Å². The van der Waals surface area contributed by atoms with Gasteiger partial charge in [0.15, 0.2) is 6.61 Å². The van der Waals surface area contributed by atoms with Gasteiger partial charge in [-0.15, -0.1) is 0 Å². The molecule has 3 rings (SSSR count). The van der Waals surface area contributed by atoms with Crippen LogP contribution in [-0.4, -0.2) is 25.0 Å². The maximum Gasteiger partial charge on any atom is 0.265 e. The van der Waals surface area contributed by atoms with Gasteiger partial charge in [-0.3, -0.25) is 9.59 Å². The van der Waals surface area contributed by atoms with Gasteiger partial charge in [0.25, 0.3) is 11.8 Å². The van der Waals surface area contributed by atoms with Crippen LogP contribution >= 0.6 is 0 Å². The lowest BCUT2D eigenvalue weighted by molar-refractivity contribution is -0.121. The third-order valence-electron chi connectivity index (χ3n) is 4.00. The summed E-state index contributed by atoms with van der Waals surface area (Å²) in [4.78, 5) is 26.1. The van der Waals surface area contributed by atoms with E-state index < -0.39 is 0 Å². The minimum absolute atomic E-state index is 0.0300. The first-order valence-electron chi connectivity index (χ1n) is 8.04. The lowest BCUT2D eigenvalue weighted by atomic mass is 10.1. The van der Waals surface area contributed by atoms with Crippen molar-refractivity contribution in [2.24, 2.45) is 0 Å². The summed E-state index contributed by atoms with van der Waals surface area (Å²) in [5.74, 6) is 0.414. The Labute approximate surface area is 141 Å². The van der Waals surface area contributed by atoms with E-state index in [1.54, 1.807) is 23.1 Å². The second-order valence-electron chi connectivity index (χ2n) is 5.79. The van der Waals surface area contributed by atoms with Crippen LogP contribution in [0.4, 0.5) is 11.4 Å². The van der Waals surface area contributed by atoms with Gasteiger partial charge in [0.1, 0.15) is 5.75 Å². The molecule has 1 heterocycles. The van der Waals surface area contributed by atoms with E-state index >= 15 is 0 Å². The molecule has 1 N–H and O–H groups in total. The molecule has 0 saturated carbocycles. The van der Waals surface area contributed by atoms with E-state index in [1.807, 2.05) is 38.1 Å². The average molecular weight is 324 g/mol. The highest BCUT2D eigenvalue weighted by molar-refractivity contribution is 6.06. The zero-order valence-corrected chi connectivity index (χ0v) is 13.8. The second kappa shape index (κ2) is 6.74. The Bertz CT molecular complexity index is 786. The summed E-state index contributed by atoms with van der Waals surface area (Å²) in [5.41, 5.74) is 2.96. The molecule has 5 nitrogen and oxygen atoms in total. The zero-order chi connectivity index (χ0) is 17.1. The third-order valence-corrected chi connectivity index (χ3v) is 4.00. The molecule has 0 radical (unpaired) electrons. The fraction of sp³-hybridized carbons (Fsp3) is 0.263. The molecule has 1 aliphatic rings. The Balaban J connectivity index is 1.83. The molecule has 0 saturated heterocycles. The molecule has 2 amide bonds. The minimum Gasteiger partial charge on any atom is -0.481 e. The highest BCUT2D eigenvalue weighted by atomic mass is 16.5. The number of carbonyl (C=O) groups is 2. The fourth-order valence-corrected chi connectivity index (χ4v) is 2.78. The van der Waals surface area contributed by atoms with Crippen LogP contribution < -0.4 is 15.0 Å². The monoisotopic (exact) mass is 324 g/mol. The summed E-state index contributed by atoms with van der Waals surface area (Å²) in [6, 6.07) is 12.8. The SMILES string of the molecule is CCCN1C(=O)COc2cc(NC(=O)c3ccccc3C)ccc21. The Hall–Kier alpha value is -2.82. The maximum absolute atomic E-state index is 12.4. The smallest absolute Gasteiger partial charge is 0.265 e. The summed E-state index contributed by atoms with van der Waals surface area (Å²) < 4.78 is 5.52. The van der Waals surface area contributed by atoms with Crippen LogP contribution in [0.2, 0.25) is 0 Å². The molecule has 0 fully saturated rings. The maximum atomic E-state index is 12.4. The molecule has 0 aromatic heterocycles. The lowest BCUT2D eigenvalue weighted by Gasteiger charge is -2.29. The van der Waals surface area contributed by atoms with Crippen molar-refractivity contribution in [3.05, 3.63) is 53.6 Å². The molecular weight excluding hydrogens is 304 g/mol. The van der Waals surface area contributed by atoms with Crippen molar-refractivity contribution in [2.45, 2.75) is 20.3 Å². The fourth-order valence-electron chi connectivity index (χ4n) is 2.78. The summed E-state index contributed by atoms with van der Waals surface area (Å²) >= 11 is 0. The van der Waals surface area contributed by atoms with Gasteiger partial charge < -0.3 is 15.0 Å². The molecule has 2 aromatic carbocycles. The molecule has 0 spiro atoms. The number of aryl methyl sites for hydroxylation is 1. The first kappa shape index (κ1) is 16.1. The molecule has 24 heavy (non-hydrogen) atoms. The van der Waals surface area contributed by atoms with Crippen molar-refractivity contribution in [1.82, 2.24) is 0 Å². The van der Waals surface area contributed by atoms with E-state index in [-0.39, 0.29) is 18.4 Å². The van der Waals surface area contributed by atoms with Crippen molar-refractivity contribution in [3.8, 4) is 5.75 Å². The number of rotatable bonds is 4. The van der Waals surface area contributed by atoms with Gasteiger partial charge in [-0.05, 0) is 37.1 Å². The van der Waals surface area contributed by atoms with E-state index in [4.69, 9.17) is 4.74 Å². The van der Waals surface area contributed by atoms with Crippen molar-refractivity contribution in [1.29, 1.82) is 0 Å². The number of nitrogens with one attached hydrogen (secondary N) is 1. The van der Waals surface area contributed by atoms with Crippen LogP contribution in [0.5, 0.6) is 5.75 Å². The number of carbonyl (C=O) groups excluding carboxylic acids is 2. The van der Waals surface area contributed by atoms with Crippen molar-refractivity contribution < 1.29 is 14.3 Å². The van der Waals surface area contributed by atoms with Gasteiger partial charge in [0.2, 0.25) is 0 Å². The summed E-state index contributed by atoms with van der Waals surface area (Å²) in [6.45, 7) is 4.62. The van der Waals surface area contributed by atoms with Gasteiger partial charge in [0.05, 0.1) is 5.69 Å². The van der Waals surface area contributed by atoms with Gasteiger partial charge in [-0.2, -0.15) is 0 Å². The quantitative estimate of drug-likeness (QED) is 0.938. The number of nitrogens with zero attached hydrogens (tertiary/aromatic N) is 1. The summed E-state index contributed by atoms with van der Waals surface area (Å²) in [7, 11) is 0. The molecular formula is C19H20N2O3. The molecule has 0 atom stereocenters. The van der Waals surface area contributed by atoms with Crippen molar-refractivity contribution in [3.63, 3.8) is 0 Å². The third kappa shape index (κ3) is 3.11. The van der Waals surface area contributed by atoms with Crippen LogP contribution in [0.1, 0.15) is 29.3 Å². The predicted molar refractivity (Wildman–Crippen MR) is 93.7 cm³/mol. The van der Waals surface area contributed by atoms with Gasteiger partial charge in [-0.1, -0.05) is 25.1 Å². The van der Waals surface area contributed by atoms with Gasteiger partial charge in [-0.25, -0.2) is 0 Å². The van der Waals surface area contributed by atoms with E-state index in [0.29, 0.717) is 23.5 Å². The number of ether oxygens (including phenoxy) is 1. The van der Waals surface area contributed by atoms with Crippen LogP contribution in [-0.2, 0) is 4.79 Å². The molecule has 0 unspecified atom stereocenters. The normalized spacial score (nSPS) is 13.2. The van der Waals surface area contributed by atoms with Gasteiger partial charge >= 0.3 is 0 Å². The predicted octanol–water partition coefficient (Wildman–Crippen LogP) is 3.38. The standard InChI is InChI=1S/C19H20N2O3/c1-3-10-21-16-9-8-14(11-17(16)24-12-18(21)22)20-19(23)15-7-5-4-6-13(15)2/h4-9,11H,3,10,12H2,1-2H3,(H,20,23). The lowest BCUT2D eigenvalue weighted by Crippen LogP contribution is -2.39. The van der Waals surface area contributed by atoms with Crippen LogP contribution in [0.3, 0.4) is 0 Å². The molecule has 0 bridgehead atoms. The number of amides is 2. The summed E-state index contributed by atoms with van der Waals surface area (Å²) in [5, 5.41) is 2.88. The first-order chi connectivity index (χ1) is 11.6. The Kier molecular flexibility index (Phi) is 4.51. The van der Waals surface area contributed by atoms with E-state index in [1.165, 1.54) is 0 Å². The number of hydrogen-bond acceptors (Lipinski definition) is 3. The van der Waals surface area contributed by atoms with E-state index in [9.17, 15) is 9.59 Å². The molecule has 2 aromatic rings. The molecule has 124 valence electrons. The van der Waals surface area contributed by atoms with E-state index in [2.05, 4.69) is 5.32 Å². The first-order valence-corrected chi connectivity index (χ1v) is 8.04. The van der Waals surface area contributed by atoms with Crippen molar-refractivity contribution >= 4 is 23.2 Å². The van der Waals surface area contributed by atoms with Crippen LogP contribution in [0.15, 0.2) is 42.5 Å². The Morgan fingerprint density at radius 3 is 2.79 bits per heavy atom. The zero-order valence-electron chi connectivity index (χ0n) is 13.8. The van der Waals surface area contributed by atoms with Crippen LogP contribution in [0.25, 0.3) is 0 Å². The average Bonchev–Trinajstić information content (AvgIpc) is 2.58. The Morgan fingerprint density at radius 2 is 2.04 bits per heavy atom. The summed E-state index contributed by atoms with van der Waals surface area (Å²) in [6.07, 6.45) is 0.872. The Morgan fingerprint density at radius 1 is 1.25 bits per heavy atom. The highest BCUT2D eigenvalue weighted by Gasteiger charge is 2.25. The van der Waals surface area contributed by atoms with E-state index in [0.717, 1.165) is 17.7 Å². The molecule has 1 aliphatic heterocycles. The number of anilines is 2. The number of benzene rings is 2. The highest BCUT2D eigenvalue weighted by Crippen LogP contribution is 2.34. The van der Waals surface area contributed by atoms with Gasteiger partial charge in [0, 0.05) is 23.9 Å². The second-order valence-corrected chi connectivity index (χ2v) is 5.79. The molecule has 5 heteroatoms. The number of fused-ring (bicyclic) bond motifs is 1. The molecule has 0 aliphatic carbocycles. The minimum atomic E-state index is -0.162. The topological polar surface area (TPSA) is 58.6 Å².